The molecule has 0 fully saturated rings. The molecule has 2 aromatic rings. The van der Waals surface area contributed by atoms with Crippen LogP contribution in [0.25, 0.3) is 12.2 Å². The molecule has 0 atom stereocenters. The molecule has 0 aliphatic heterocycles. The maximum Gasteiger partial charge on any atom is 0.169 e. The van der Waals surface area contributed by atoms with E-state index in [1.54, 1.807) is 0 Å². The van der Waals surface area contributed by atoms with E-state index < -0.39 is 0 Å². The summed E-state index contributed by atoms with van der Waals surface area (Å²) >= 11 is 0. The van der Waals surface area contributed by atoms with Gasteiger partial charge in [0.2, 0.25) is 0 Å². The summed E-state index contributed by atoms with van der Waals surface area (Å²) in [5, 5.41) is 8.61. The zero-order valence-electron chi connectivity index (χ0n) is 12.5. The fraction of sp³-hybridized carbons (Fsp3) is 0.222. The molecule has 0 amide bonds. The second-order valence-corrected chi connectivity index (χ2v) is 5.05. The van der Waals surface area contributed by atoms with Crippen molar-refractivity contribution in [1.29, 1.82) is 5.26 Å². The van der Waals surface area contributed by atoms with Crippen molar-refractivity contribution < 1.29 is 4.57 Å². The third kappa shape index (κ3) is 4.47. The summed E-state index contributed by atoms with van der Waals surface area (Å²) in [4.78, 5) is 2.09. The zero-order valence-corrected chi connectivity index (χ0v) is 12.5. The Hall–Kier alpha value is -2.60. The highest BCUT2D eigenvalue weighted by Gasteiger charge is 1.99. The van der Waals surface area contributed by atoms with Crippen molar-refractivity contribution >= 4 is 17.8 Å². The van der Waals surface area contributed by atoms with E-state index in [9.17, 15) is 0 Å². The van der Waals surface area contributed by atoms with Gasteiger partial charge in [0.05, 0.1) is 12.5 Å². The largest absolute Gasteiger partial charge is 0.374 e. The minimum absolute atomic E-state index is 0.545. The van der Waals surface area contributed by atoms with Gasteiger partial charge in [-0.05, 0) is 23.3 Å². The van der Waals surface area contributed by atoms with Crippen molar-refractivity contribution in [2.45, 2.75) is 6.42 Å². The van der Waals surface area contributed by atoms with E-state index >= 15 is 0 Å². The molecular weight excluding hydrogens is 258 g/mol. The van der Waals surface area contributed by atoms with Gasteiger partial charge in [-0.3, -0.25) is 0 Å². The first-order chi connectivity index (χ1) is 10.2. The number of aromatic nitrogens is 1. The molecule has 3 nitrogen and oxygen atoms in total. The molecule has 0 bridgehead atoms. The van der Waals surface area contributed by atoms with Gasteiger partial charge in [0, 0.05) is 31.4 Å². The van der Waals surface area contributed by atoms with Crippen LogP contribution in [0.15, 0.2) is 48.8 Å². The summed E-state index contributed by atoms with van der Waals surface area (Å²) < 4.78 is 2.02. The maximum atomic E-state index is 8.61. The van der Waals surface area contributed by atoms with E-state index in [2.05, 4.69) is 59.5 Å². The van der Waals surface area contributed by atoms with E-state index in [0.29, 0.717) is 6.42 Å². The number of hydrogen-bond donors (Lipinski definition) is 0. The van der Waals surface area contributed by atoms with Gasteiger partial charge in [-0.25, -0.2) is 4.57 Å². The van der Waals surface area contributed by atoms with Crippen molar-refractivity contribution in [3.05, 3.63) is 59.9 Å². The average Bonchev–Trinajstić information content (AvgIpc) is 2.52. The minimum Gasteiger partial charge on any atom is -0.374 e. The summed E-state index contributed by atoms with van der Waals surface area (Å²) in [5.74, 6) is 0. The van der Waals surface area contributed by atoms with Crippen LogP contribution in [0.2, 0.25) is 0 Å². The second-order valence-electron chi connectivity index (χ2n) is 5.05. The van der Waals surface area contributed by atoms with Gasteiger partial charge in [0.1, 0.15) is 7.05 Å². The van der Waals surface area contributed by atoms with Crippen LogP contribution in [-0.2, 0) is 7.05 Å². The third-order valence-electron chi connectivity index (χ3n) is 3.37. The fourth-order valence-corrected chi connectivity index (χ4v) is 2.00. The van der Waals surface area contributed by atoms with Crippen molar-refractivity contribution in [1.82, 2.24) is 0 Å². The monoisotopic (exact) mass is 278 g/mol. The molecular formula is C18H20N3+. The standard InChI is InChI=1S/C18H20N3/c1-20-14-10-17(11-15-20)5-4-16-6-8-18(9-7-16)21(2)13-3-12-19/h4-11,14-15H,3,13H2,1-2H3/q+1. The number of benzene rings is 1. The van der Waals surface area contributed by atoms with Crippen LogP contribution in [0.3, 0.4) is 0 Å². The minimum atomic E-state index is 0.545. The van der Waals surface area contributed by atoms with Crippen LogP contribution in [0.1, 0.15) is 17.5 Å². The fourth-order valence-electron chi connectivity index (χ4n) is 2.00. The van der Waals surface area contributed by atoms with Crippen molar-refractivity contribution in [3.63, 3.8) is 0 Å². The topological polar surface area (TPSA) is 30.9 Å². The van der Waals surface area contributed by atoms with Crippen LogP contribution in [0.5, 0.6) is 0 Å². The van der Waals surface area contributed by atoms with Crippen LogP contribution in [0, 0.1) is 11.3 Å². The molecule has 0 spiro atoms. The highest BCUT2D eigenvalue weighted by Crippen LogP contribution is 2.15. The van der Waals surface area contributed by atoms with Crippen LogP contribution in [0.4, 0.5) is 5.69 Å². The number of anilines is 1. The van der Waals surface area contributed by atoms with Crippen LogP contribution in [-0.4, -0.2) is 13.6 Å². The van der Waals surface area contributed by atoms with Gasteiger partial charge < -0.3 is 4.90 Å². The summed E-state index contributed by atoms with van der Waals surface area (Å²) in [6, 6.07) is 14.7. The van der Waals surface area contributed by atoms with Crippen molar-refractivity contribution in [3.8, 4) is 6.07 Å². The highest BCUT2D eigenvalue weighted by molar-refractivity contribution is 5.70. The van der Waals surface area contributed by atoms with Gasteiger partial charge in [-0.2, -0.15) is 5.26 Å². The predicted molar refractivity (Wildman–Crippen MR) is 86.5 cm³/mol. The highest BCUT2D eigenvalue weighted by atomic mass is 15.1. The lowest BCUT2D eigenvalue weighted by Gasteiger charge is -2.17. The molecule has 0 saturated heterocycles. The maximum absolute atomic E-state index is 8.61. The van der Waals surface area contributed by atoms with Crippen molar-refractivity contribution in [2.75, 3.05) is 18.5 Å². The Morgan fingerprint density at radius 3 is 2.19 bits per heavy atom. The number of nitriles is 1. The second kappa shape index (κ2) is 7.25. The average molecular weight is 278 g/mol. The van der Waals surface area contributed by atoms with Gasteiger partial charge in [0.15, 0.2) is 12.4 Å². The Labute approximate surface area is 126 Å². The van der Waals surface area contributed by atoms with Crippen molar-refractivity contribution in [2.24, 2.45) is 7.05 Å². The molecule has 2 rings (SSSR count). The number of aryl methyl sites for hydroxylation is 1. The van der Waals surface area contributed by atoms with Gasteiger partial charge in [0.25, 0.3) is 0 Å². The molecule has 0 saturated carbocycles. The third-order valence-corrected chi connectivity index (χ3v) is 3.37. The first-order valence-electron chi connectivity index (χ1n) is 7.00. The molecule has 0 unspecified atom stereocenters. The zero-order chi connectivity index (χ0) is 15.1. The first kappa shape index (κ1) is 14.8. The first-order valence-corrected chi connectivity index (χ1v) is 7.00. The van der Waals surface area contributed by atoms with Crippen LogP contribution < -0.4 is 9.47 Å². The predicted octanol–water partition coefficient (Wildman–Crippen LogP) is 3.03. The lowest BCUT2D eigenvalue weighted by Crippen LogP contribution is -2.25. The summed E-state index contributed by atoms with van der Waals surface area (Å²) in [6.45, 7) is 0.757. The van der Waals surface area contributed by atoms with E-state index in [1.807, 2.05) is 31.1 Å². The smallest absolute Gasteiger partial charge is 0.169 e. The molecule has 0 radical (unpaired) electrons. The molecule has 0 N–H and O–H groups in total. The number of hydrogen-bond acceptors (Lipinski definition) is 2. The molecule has 21 heavy (non-hydrogen) atoms. The van der Waals surface area contributed by atoms with Gasteiger partial charge in [-0.15, -0.1) is 0 Å². The summed E-state index contributed by atoms with van der Waals surface area (Å²) in [7, 11) is 4.02. The quantitative estimate of drug-likeness (QED) is 0.787. The lowest BCUT2D eigenvalue weighted by molar-refractivity contribution is -0.671. The Balaban J connectivity index is 2.02. The molecule has 1 heterocycles. The SMILES string of the molecule is CN(CCC#N)c1ccc(C=Cc2cc[n+](C)cc2)cc1. The van der Waals surface area contributed by atoms with E-state index in [4.69, 9.17) is 5.26 Å². The number of nitrogens with zero attached hydrogens (tertiary/aromatic N) is 3. The lowest BCUT2D eigenvalue weighted by atomic mass is 10.1. The van der Waals surface area contributed by atoms with Gasteiger partial charge in [-0.1, -0.05) is 24.3 Å². The summed E-state index contributed by atoms with van der Waals surface area (Å²) in [6.07, 6.45) is 8.83. The molecule has 0 aliphatic rings. The molecule has 0 aliphatic carbocycles. The molecule has 1 aromatic heterocycles. The van der Waals surface area contributed by atoms with E-state index in [1.165, 1.54) is 11.1 Å². The van der Waals surface area contributed by atoms with E-state index in [-0.39, 0.29) is 0 Å². The Bertz CT molecular complexity index is 634. The number of pyridine rings is 1. The van der Waals surface area contributed by atoms with E-state index in [0.717, 1.165) is 12.2 Å². The Morgan fingerprint density at radius 1 is 1.05 bits per heavy atom. The van der Waals surface area contributed by atoms with Gasteiger partial charge >= 0.3 is 0 Å². The normalized spacial score (nSPS) is 10.5. The van der Waals surface area contributed by atoms with Crippen LogP contribution >= 0.6 is 0 Å². The Kier molecular flexibility index (Phi) is 5.11. The molecule has 3 heteroatoms. The number of rotatable bonds is 5. The molecule has 106 valence electrons. The molecule has 1 aromatic carbocycles. The summed E-state index contributed by atoms with van der Waals surface area (Å²) in [5.41, 5.74) is 3.48. The Morgan fingerprint density at radius 2 is 1.62 bits per heavy atom.